The van der Waals surface area contributed by atoms with E-state index in [1.54, 1.807) is 18.2 Å². The average Bonchev–Trinajstić information content (AvgIpc) is 2.91. The minimum Gasteiger partial charge on any atom is -0.492 e. The van der Waals surface area contributed by atoms with Crippen molar-refractivity contribution in [3.05, 3.63) is 64.8 Å². The molecule has 0 unspecified atom stereocenters. The summed E-state index contributed by atoms with van der Waals surface area (Å²) in [4.78, 5) is 17.0. The van der Waals surface area contributed by atoms with Crippen LogP contribution in [0.4, 0.5) is 10.1 Å². The van der Waals surface area contributed by atoms with E-state index in [0.29, 0.717) is 28.1 Å². The molecule has 0 aliphatic carbocycles. The molecular weight excluding hydrogens is 327 g/mol. The molecular formula is C18H15FN2O2S. The van der Waals surface area contributed by atoms with Crippen molar-refractivity contribution < 1.29 is 13.9 Å². The summed E-state index contributed by atoms with van der Waals surface area (Å²) in [5.74, 6) is 0.130. The molecule has 6 heteroatoms. The summed E-state index contributed by atoms with van der Waals surface area (Å²) in [6.07, 6.45) is 1.70. The standard InChI is InChI=1S/C18H15FN2O2S/c1-2-23-15-6-4-3-5-14(15)20-18-21-17(22)16(24-18)11-12-7-9-13(19)10-8-12/h3-11H,2H2,1H3,(H,20,21,22). The van der Waals surface area contributed by atoms with E-state index in [9.17, 15) is 9.18 Å². The van der Waals surface area contributed by atoms with E-state index in [1.165, 1.54) is 23.9 Å². The van der Waals surface area contributed by atoms with Gasteiger partial charge < -0.3 is 10.1 Å². The van der Waals surface area contributed by atoms with Gasteiger partial charge in [0.15, 0.2) is 5.17 Å². The Morgan fingerprint density at radius 2 is 1.96 bits per heavy atom. The van der Waals surface area contributed by atoms with Crippen LogP contribution in [0.25, 0.3) is 6.08 Å². The van der Waals surface area contributed by atoms with Crippen LogP contribution < -0.4 is 10.1 Å². The molecule has 1 heterocycles. The van der Waals surface area contributed by atoms with Gasteiger partial charge in [-0.3, -0.25) is 4.79 Å². The van der Waals surface area contributed by atoms with Crippen molar-refractivity contribution in [1.82, 2.24) is 5.32 Å². The van der Waals surface area contributed by atoms with Crippen LogP contribution in [0.5, 0.6) is 5.75 Å². The summed E-state index contributed by atoms with van der Waals surface area (Å²) in [5, 5.41) is 3.22. The third kappa shape index (κ3) is 3.83. The van der Waals surface area contributed by atoms with Gasteiger partial charge in [0, 0.05) is 0 Å². The largest absolute Gasteiger partial charge is 0.492 e. The summed E-state index contributed by atoms with van der Waals surface area (Å²) < 4.78 is 18.5. The van der Waals surface area contributed by atoms with E-state index in [-0.39, 0.29) is 11.7 Å². The van der Waals surface area contributed by atoms with Crippen molar-refractivity contribution in [2.24, 2.45) is 4.99 Å². The zero-order chi connectivity index (χ0) is 16.9. The number of aliphatic imine (C=N–C) groups is 1. The van der Waals surface area contributed by atoms with Gasteiger partial charge in [-0.2, -0.15) is 0 Å². The van der Waals surface area contributed by atoms with Gasteiger partial charge in [0.05, 0.1) is 11.5 Å². The van der Waals surface area contributed by atoms with Crippen LogP contribution in [0.3, 0.4) is 0 Å². The lowest BCUT2D eigenvalue weighted by Gasteiger charge is -2.06. The monoisotopic (exact) mass is 342 g/mol. The third-order valence-corrected chi connectivity index (χ3v) is 4.12. The Balaban J connectivity index is 1.83. The number of para-hydroxylation sites is 2. The molecule has 0 spiro atoms. The molecule has 122 valence electrons. The Kier molecular flexibility index (Phi) is 4.96. The highest BCUT2D eigenvalue weighted by Gasteiger charge is 2.24. The van der Waals surface area contributed by atoms with Gasteiger partial charge in [-0.05, 0) is 54.6 Å². The number of nitrogens with zero attached hydrogens (tertiary/aromatic N) is 1. The van der Waals surface area contributed by atoms with Crippen LogP contribution in [0, 0.1) is 5.82 Å². The normalized spacial score (nSPS) is 17.3. The number of amidine groups is 1. The molecule has 24 heavy (non-hydrogen) atoms. The SMILES string of the molecule is CCOc1ccccc1N=C1NC(=O)C(=Cc2ccc(F)cc2)S1. The molecule has 0 saturated carbocycles. The Labute approximate surface area is 143 Å². The lowest BCUT2D eigenvalue weighted by molar-refractivity contribution is -0.115. The summed E-state index contributed by atoms with van der Waals surface area (Å²) in [7, 11) is 0. The van der Waals surface area contributed by atoms with Crippen molar-refractivity contribution in [3.8, 4) is 5.75 Å². The second-order valence-electron chi connectivity index (χ2n) is 4.93. The van der Waals surface area contributed by atoms with Crippen molar-refractivity contribution >= 4 is 34.6 Å². The van der Waals surface area contributed by atoms with E-state index < -0.39 is 0 Å². The van der Waals surface area contributed by atoms with Gasteiger partial charge in [0.2, 0.25) is 0 Å². The van der Waals surface area contributed by atoms with Gasteiger partial charge in [0.1, 0.15) is 17.3 Å². The molecule has 4 nitrogen and oxygen atoms in total. The van der Waals surface area contributed by atoms with E-state index in [0.717, 1.165) is 5.56 Å². The molecule has 1 fully saturated rings. The number of rotatable bonds is 4. The maximum Gasteiger partial charge on any atom is 0.264 e. The number of thioether (sulfide) groups is 1. The van der Waals surface area contributed by atoms with E-state index in [2.05, 4.69) is 10.3 Å². The van der Waals surface area contributed by atoms with Gasteiger partial charge in [0.25, 0.3) is 5.91 Å². The molecule has 0 atom stereocenters. The van der Waals surface area contributed by atoms with Crippen molar-refractivity contribution in [2.75, 3.05) is 6.61 Å². The van der Waals surface area contributed by atoms with Crippen molar-refractivity contribution in [2.45, 2.75) is 6.92 Å². The first kappa shape index (κ1) is 16.3. The fourth-order valence-electron chi connectivity index (χ4n) is 2.13. The van der Waals surface area contributed by atoms with Crippen LogP contribution in [0.1, 0.15) is 12.5 Å². The van der Waals surface area contributed by atoms with Crippen LogP contribution in [-0.4, -0.2) is 17.7 Å². The zero-order valence-corrected chi connectivity index (χ0v) is 13.8. The molecule has 3 rings (SSSR count). The lowest BCUT2D eigenvalue weighted by atomic mass is 10.2. The second kappa shape index (κ2) is 7.31. The van der Waals surface area contributed by atoms with Crippen LogP contribution >= 0.6 is 11.8 Å². The number of benzene rings is 2. The highest BCUT2D eigenvalue weighted by Crippen LogP contribution is 2.32. The van der Waals surface area contributed by atoms with E-state index in [4.69, 9.17) is 4.74 Å². The number of halogens is 1. The molecule has 0 aromatic heterocycles. The maximum atomic E-state index is 12.9. The maximum absolute atomic E-state index is 12.9. The first-order valence-corrected chi connectivity index (χ1v) is 8.24. The highest BCUT2D eigenvalue weighted by molar-refractivity contribution is 8.18. The Hall–Kier alpha value is -2.60. The van der Waals surface area contributed by atoms with Gasteiger partial charge in [-0.1, -0.05) is 24.3 Å². The number of nitrogens with one attached hydrogen (secondary N) is 1. The molecule has 0 bridgehead atoms. The molecule has 1 amide bonds. The zero-order valence-electron chi connectivity index (χ0n) is 13.0. The molecule has 1 N–H and O–H groups in total. The number of amides is 1. The highest BCUT2D eigenvalue weighted by atomic mass is 32.2. The summed E-state index contributed by atoms with van der Waals surface area (Å²) in [6, 6.07) is 13.3. The Morgan fingerprint density at radius 1 is 1.21 bits per heavy atom. The lowest BCUT2D eigenvalue weighted by Crippen LogP contribution is -2.19. The quantitative estimate of drug-likeness (QED) is 0.851. The van der Waals surface area contributed by atoms with Gasteiger partial charge >= 0.3 is 0 Å². The summed E-state index contributed by atoms with van der Waals surface area (Å²) >= 11 is 1.24. The first-order chi connectivity index (χ1) is 11.7. The van der Waals surface area contributed by atoms with Crippen LogP contribution in [0.15, 0.2) is 58.4 Å². The van der Waals surface area contributed by atoms with Gasteiger partial charge in [-0.25, -0.2) is 9.38 Å². The molecule has 1 aliphatic rings. The number of carbonyl (C=O) groups excluding carboxylic acids is 1. The Morgan fingerprint density at radius 3 is 2.71 bits per heavy atom. The average molecular weight is 342 g/mol. The smallest absolute Gasteiger partial charge is 0.264 e. The fraction of sp³-hybridized carbons (Fsp3) is 0.111. The molecule has 2 aromatic carbocycles. The van der Waals surface area contributed by atoms with Crippen molar-refractivity contribution in [1.29, 1.82) is 0 Å². The fourth-order valence-corrected chi connectivity index (χ4v) is 2.96. The minimum atomic E-state index is -0.310. The van der Waals surface area contributed by atoms with E-state index in [1.807, 2.05) is 31.2 Å². The van der Waals surface area contributed by atoms with Gasteiger partial charge in [-0.15, -0.1) is 0 Å². The van der Waals surface area contributed by atoms with Crippen LogP contribution in [0.2, 0.25) is 0 Å². The first-order valence-electron chi connectivity index (χ1n) is 7.42. The van der Waals surface area contributed by atoms with Crippen LogP contribution in [-0.2, 0) is 4.79 Å². The van der Waals surface area contributed by atoms with E-state index >= 15 is 0 Å². The summed E-state index contributed by atoms with van der Waals surface area (Å²) in [6.45, 7) is 2.44. The third-order valence-electron chi connectivity index (χ3n) is 3.21. The molecule has 0 radical (unpaired) electrons. The minimum absolute atomic E-state index is 0.225. The number of ether oxygens (including phenoxy) is 1. The number of carbonyl (C=O) groups is 1. The molecule has 2 aromatic rings. The Bertz CT molecular complexity index is 816. The number of hydrogen-bond donors (Lipinski definition) is 1. The van der Waals surface area contributed by atoms with Crippen molar-refractivity contribution in [3.63, 3.8) is 0 Å². The second-order valence-corrected chi connectivity index (χ2v) is 5.96. The predicted octanol–water partition coefficient (Wildman–Crippen LogP) is 4.12. The predicted molar refractivity (Wildman–Crippen MR) is 94.8 cm³/mol. The number of hydrogen-bond acceptors (Lipinski definition) is 4. The topological polar surface area (TPSA) is 50.7 Å². The molecule has 1 aliphatic heterocycles. The molecule has 1 saturated heterocycles. The summed E-state index contributed by atoms with van der Waals surface area (Å²) in [5.41, 5.74) is 1.41.